The van der Waals surface area contributed by atoms with Crippen LogP contribution in [0.1, 0.15) is 47.0 Å². The molecule has 0 spiro atoms. The van der Waals surface area contributed by atoms with Gasteiger partial charge < -0.3 is 11.1 Å². The molecule has 0 radical (unpaired) electrons. The highest BCUT2D eigenvalue weighted by atomic mass is 32.1. The number of rotatable bonds is 5. The van der Waals surface area contributed by atoms with Crippen molar-refractivity contribution in [1.82, 2.24) is 5.32 Å². The summed E-state index contributed by atoms with van der Waals surface area (Å²) < 4.78 is 0. The molecule has 0 aromatic rings. The molecule has 1 atom stereocenters. The van der Waals surface area contributed by atoms with Gasteiger partial charge in [0.25, 0.3) is 0 Å². The Balaban J connectivity index is 4.07. The predicted molar refractivity (Wildman–Crippen MR) is 67.7 cm³/mol. The van der Waals surface area contributed by atoms with Gasteiger partial charge in [-0.2, -0.15) is 0 Å². The SMILES string of the molecule is CCC(CC(N)=S)NC(=O)CC(C)(C)C. The van der Waals surface area contributed by atoms with Gasteiger partial charge in [-0.1, -0.05) is 39.9 Å². The monoisotopic (exact) mass is 230 g/mol. The fourth-order valence-electron chi connectivity index (χ4n) is 1.30. The first-order chi connectivity index (χ1) is 6.74. The van der Waals surface area contributed by atoms with Crippen molar-refractivity contribution in [2.45, 2.75) is 53.0 Å². The fourth-order valence-corrected chi connectivity index (χ4v) is 1.50. The highest BCUT2D eigenvalue weighted by Gasteiger charge is 2.18. The molecular formula is C11H22N2OS. The van der Waals surface area contributed by atoms with E-state index in [1.165, 1.54) is 0 Å². The lowest BCUT2D eigenvalue weighted by Gasteiger charge is -2.21. The summed E-state index contributed by atoms with van der Waals surface area (Å²) in [6, 6.07) is 0.0809. The molecule has 4 heteroatoms. The van der Waals surface area contributed by atoms with Gasteiger partial charge in [0.15, 0.2) is 0 Å². The van der Waals surface area contributed by atoms with Crippen molar-refractivity contribution in [3.63, 3.8) is 0 Å². The van der Waals surface area contributed by atoms with Crippen LogP contribution in [0.2, 0.25) is 0 Å². The third-order valence-corrected chi connectivity index (χ3v) is 2.16. The topological polar surface area (TPSA) is 55.1 Å². The number of nitrogens with two attached hydrogens (primary N) is 1. The molecule has 3 nitrogen and oxygen atoms in total. The minimum Gasteiger partial charge on any atom is -0.393 e. The maximum Gasteiger partial charge on any atom is 0.220 e. The second-order valence-electron chi connectivity index (χ2n) is 5.08. The molecule has 1 amide bonds. The normalized spacial score (nSPS) is 13.3. The number of carbonyl (C=O) groups excluding carboxylic acids is 1. The number of thiocarbonyl (C=S) groups is 1. The van der Waals surface area contributed by atoms with Gasteiger partial charge in [0.05, 0.1) is 4.99 Å². The van der Waals surface area contributed by atoms with Crippen molar-refractivity contribution in [3.05, 3.63) is 0 Å². The lowest BCUT2D eigenvalue weighted by Crippen LogP contribution is -2.38. The summed E-state index contributed by atoms with van der Waals surface area (Å²) in [5.41, 5.74) is 5.47. The molecule has 15 heavy (non-hydrogen) atoms. The minimum absolute atomic E-state index is 0.0194. The molecule has 88 valence electrons. The Morgan fingerprint density at radius 1 is 1.47 bits per heavy atom. The van der Waals surface area contributed by atoms with Gasteiger partial charge in [-0.25, -0.2) is 0 Å². The van der Waals surface area contributed by atoms with E-state index in [0.29, 0.717) is 17.8 Å². The van der Waals surface area contributed by atoms with Crippen molar-refractivity contribution in [2.24, 2.45) is 11.1 Å². The lowest BCUT2D eigenvalue weighted by atomic mass is 9.91. The summed E-state index contributed by atoms with van der Waals surface area (Å²) in [4.78, 5) is 12.1. The second-order valence-corrected chi connectivity index (χ2v) is 5.60. The summed E-state index contributed by atoms with van der Waals surface area (Å²) in [5.74, 6) is 0.0746. The Morgan fingerprint density at radius 2 is 2.00 bits per heavy atom. The molecule has 0 aliphatic rings. The van der Waals surface area contributed by atoms with E-state index in [2.05, 4.69) is 5.32 Å². The lowest BCUT2D eigenvalue weighted by molar-refractivity contribution is -0.123. The largest absolute Gasteiger partial charge is 0.393 e. The van der Waals surface area contributed by atoms with Crippen LogP contribution in [0.15, 0.2) is 0 Å². The quantitative estimate of drug-likeness (QED) is 0.710. The fraction of sp³-hybridized carbons (Fsp3) is 0.818. The minimum atomic E-state index is 0.0194. The number of hydrogen-bond acceptors (Lipinski definition) is 2. The van der Waals surface area contributed by atoms with Crippen LogP contribution in [-0.4, -0.2) is 16.9 Å². The number of hydrogen-bond donors (Lipinski definition) is 2. The second kappa shape index (κ2) is 6.05. The molecule has 0 saturated carbocycles. The smallest absolute Gasteiger partial charge is 0.220 e. The van der Waals surface area contributed by atoms with Gasteiger partial charge >= 0.3 is 0 Å². The van der Waals surface area contributed by atoms with Crippen molar-refractivity contribution >= 4 is 23.1 Å². The van der Waals surface area contributed by atoms with E-state index in [4.69, 9.17) is 18.0 Å². The Kier molecular flexibility index (Phi) is 5.80. The Bertz CT molecular complexity index is 233. The average molecular weight is 230 g/mol. The van der Waals surface area contributed by atoms with Crippen LogP contribution in [0.3, 0.4) is 0 Å². The molecule has 0 bridgehead atoms. The molecule has 0 saturated heterocycles. The van der Waals surface area contributed by atoms with Gasteiger partial charge in [-0.15, -0.1) is 0 Å². The molecular weight excluding hydrogens is 208 g/mol. The van der Waals surface area contributed by atoms with E-state index in [0.717, 1.165) is 6.42 Å². The third kappa shape index (κ3) is 8.36. The highest BCUT2D eigenvalue weighted by Crippen LogP contribution is 2.18. The molecule has 1 unspecified atom stereocenters. The zero-order valence-corrected chi connectivity index (χ0v) is 10.9. The maximum atomic E-state index is 11.6. The summed E-state index contributed by atoms with van der Waals surface area (Å²) in [7, 11) is 0. The van der Waals surface area contributed by atoms with E-state index in [-0.39, 0.29) is 17.4 Å². The van der Waals surface area contributed by atoms with E-state index in [9.17, 15) is 4.79 Å². The molecule has 0 aromatic heterocycles. The summed E-state index contributed by atoms with van der Waals surface area (Å²) in [6.45, 7) is 8.14. The Hall–Kier alpha value is -0.640. The van der Waals surface area contributed by atoms with Crippen LogP contribution in [-0.2, 0) is 4.79 Å². The standard InChI is InChI=1S/C11H22N2OS/c1-5-8(6-9(12)15)13-10(14)7-11(2,3)4/h8H,5-7H2,1-4H3,(H2,12,15)(H,13,14). The Morgan fingerprint density at radius 3 is 2.33 bits per heavy atom. The summed E-state index contributed by atoms with van der Waals surface area (Å²) >= 11 is 4.83. The number of nitrogens with one attached hydrogen (secondary N) is 1. The summed E-state index contributed by atoms with van der Waals surface area (Å²) in [5, 5.41) is 2.95. The molecule has 0 fully saturated rings. The van der Waals surface area contributed by atoms with Gasteiger partial charge in [0.1, 0.15) is 0 Å². The van der Waals surface area contributed by atoms with Crippen LogP contribution in [0.25, 0.3) is 0 Å². The van der Waals surface area contributed by atoms with Gasteiger partial charge in [-0.05, 0) is 11.8 Å². The molecule has 0 rings (SSSR count). The van der Waals surface area contributed by atoms with Crippen molar-refractivity contribution in [1.29, 1.82) is 0 Å². The van der Waals surface area contributed by atoms with Crippen molar-refractivity contribution < 1.29 is 4.79 Å². The molecule has 0 aliphatic carbocycles. The predicted octanol–water partition coefficient (Wildman–Crippen LogP) is 1.99. The first kappa shape index (κ1) is 14.4. The van der Waals surface area contributed by atoms with E-state index in [1.807, 2.05) is 27.7 Å². The molecule has 0 heterocycles. The highest BCUT2D eigenvalue weighted by molar-refractivity contribution is 7.80. The van der Waals surface area contributed by atoms with Gasteiger partial charge in [0.2, 0.25) is 5.91 Å². The first-order valence-corrected chi connectivity index (χ1v) is 5.73. The average Bonchev–Trinajstić information content (AvgIpc) is 1.98. The Labute approximate surface area is 97.8 Å². The molecule has 3 N–H and O–H groups in total. The zero-order valence-electron chi connectivity index (χ0n) is 10.1. The zero-order chi connectivity index (χ0) is 12.1. The van der Waals surface area contributed by atoms with Crippen molar-refractivity contribution in [3.8, 4) is 0 Å². The van der Waals surface area contributed by atoms with Crippen LogP contribution in [0.5, 0.6) is 0 Å². The van der Waals surface area contributed by atoms with Gasteiger partial charge in [-0.3, -0.25) is 4.79 Å². The van der Waals surface area contributed by atoms with E-state index >= 15 is 0 Å². The molecule has 0 aromatic carbocycles. The first-order valence-electron chi connectivity index (χ1n) is 5.32. The van der Waals surface area contributed by atoms with Crippen LogP contribution in [0.4, 0.5) is 0 Å². The van der Waals surface area contributed by atoms with Crippen LogP contribution < -0.4 is 11.1 Å². The number of amides is 1. The van der Waals surface area contributed by atoms with Gasteiger partial charge in [0, 0.05) is 18.9 Å². The maximum absolute atomic E-state index is 11.6. The van der Waals surface area contributed by atoms with Crippen LogP contribution >= 0.6 is 12.2 Å². The van der Waals surface area contributed by atoms with E-state index in [1.54, 1.807) is 0 Å². The molecule has 0 aliphatic heterocycles. The summed E-state index contributed by atoms with van der Waals surface area (Å²) in [6.07, 6.45) is 1.97. The van der Waals surface area contributed by atoms with Crippen molar-refractivity contribution in [2.75, 3.05) is 0 Å². The van der Waals surface area contributed by atoms with E-state index < -0.39 is 0 Å². The number of carbonyl (C=O) groups is 1. The third-order valence-electron chi connectivity index (χ3n) is 2.00. The van der Waals surface area contributed by atoms with Crippen LogP contribution in [0, 0.1) is 5.41 Å².